The van der Waals surface area contributed by atoms with Crippen LogP contribution >= 0.6 is 0 Å². The van der Waals surface area contributed by atoms with Gasteiger partial charge in [0.15, 0.2) is 0 Å². The average Bonchev–Trinajstić information content (AvgIpc) is 2.29. The van der Waals surface area contributed by atoms with Gasteiger partial charge in [-0.1, -0.05) is 30.3 Å². The van der Waals surface area contributed by atoms with Crippen LogP contribution in [0.5, 0.6) is 0 Å². The van der Waals surface area contributed by atoms with Crippen molar-refractivity contribution in [3.05, 3.63) is 35.9 Å². The Kier molecular flexibility index (Phi) is 6.00. The lowest BCUT2D eigenvalue weighted by Crippen LogP contribution is -2.34. The highest BCUT2D eigenvalue weighted by Crippen LogP contribution is 2.00. The number of likely N-dealkylation sites (N-methyl/N-ethyl adjacent to an activating group) is 1. The largest absolute Gasteiger partial charge is 0.383 e. The van der Waals surface area contributed by atoms with Gasteiger partial charge in [-0.25, -0.2) is 0 Å². The van der Waals surface area contributed by atoms with E-state index in [0.29, 0.717) is 19.8 Å². The van der Waals surface area contributed by atoms with E-state index >= 15 is 0 Å². The van der Waals surface area contributed by atoms with Gasteiger partial charge in [0.05, 0.1) is 25.9 Å². The van der Waals surface area contributed by atoms with E-state index in [9.17, 15) is 0 Å². The molecule has 0 bridgehead atoms. The van der Waals surface area contributed by atoms with Crippen molar-refractivity contribution >= 4 is 0 Å². The van der Waals surface area contributed by atoms with Crippen LogP contribution in [0.15, 0.2) is 30.3 Å². The van der Waals surface area contributed by atoms with Gasteiger partial charge in [-0.15, -0.1) is 0 Å². The number of hydrogen-bond donors (Lipinski definition) is 1. The van der Waals surface area contributed by atoms with Crippen LogP contribution in [0.4, 0.5) is 0 Å². The maximum absolute atomic E-state index is 5.58. The molecule has 0 heterocycles. The normalized spacial score (nSPS) is 12.7. The molecule has 1 atom stereocenters. The van der Waals surface area contributed by atoms with Gasteiger partial charge in [0.2, 0.25) is 0 Å². The van der Waals surface area contributed by atoms with Gasteiger partial charge in [0.1, 0.15) is 0 Å². The second kappa shape index (κ2) is 7.40. The Morgan fingerprint density at radius 2 is 1.93 bits per heavy atom. The summed E-state index contributed by atoms with van der Waals surface area (Å²) in [6.07, 6.45) is 0. The first-order valence-electron chi connectivity index (χ1n) is 5.14. The van der Waals surface area contributed by atoms with Gasteiger partial charge >= 0.3 is 0 Å². The first-order valence-corrected chi connectivity index (χ1v) is 5.14. The third-order valence-electron chi connectivity index (χ3n) is 2.21. The number of rotatable bonds is 7. The van der Waals surface area contributed by atoms with E-state index < -0.39 is 0 Å². The van der Waals surface area contributed by atoms with Crippen LogP contribution in [0.25, 0.3) is 0 Å². The molecular weight excluding hydrogens is 190 g/mol. The SMILES string of the molecule is CNC(COC)COCc1ccccc1. The van der Waals surface area contributed by atoms with E-state index in [-0.39, 0.29) is 6.04 Å². The van der Waals surface area contributed by atoms with Crippen LogP contribution in [0.3, 0.4) is 0 Å². The van der Waals surface area contributed by atoms with Gasteiger partial charge in [-0.2, -0.15) is 0 Å². The van der Waals surface area contributed by atoms with E-state index in [1.807, 2.05) is 25.2 Å². The van der Waals surface area contributed by atoms with Crippen LogP contribution in [-0.4, -0.2) is 33.4 Å². The lowest BCUT2D eigenvalue weighted by atomic mass is 10.2. The Hall–Kier alpha value is -0.900. The van der Waals surface area contributed by atoms with Crippen molar-refractivity contribution in [2.24, 2.45) is 0 Å². The Balaban J connectivity index is 2.20. The predicted molar refractivity (Wildman–Crippen MR) is 60.8 cm³/mol. The molecule has 84 valence electrons. The van der Waals surface area contributed by atoms with Crippen molar-refractivity contribution in [1.82, 2.24) is 5.32 Å². The molecule has 1 unspecified atom stereocenters. The Morgan fingerprint density at radius 1 is 1.20 bits per heavy atom. The van der Waals surface area contributed by atoms with Crippen molar-refractivity contribution in [2.45, 2.75) is 12.6 Å². The molecule has 0 saturated carbocycles. The van der Waals surface area contributed by atoms with Crippen molar-refractivity contribution in [3.8, 4) is 0 Å². The zero-order valence-electron chi connectivity index (χ0n) is 9.40. The number of benzene rings is 1. The van der Waals surface area contributed by atoms with Crippen molar-refractivity contribution in [1.29, 1.82) is 0 Å². The Morgan fingerprint density at radius 3 is 2.53 bits per heavy atom. The van der Waals surface area contributed by atoms with Crippen LogP contribution in [0.2, 0.25) is 0 Å². The third-order valence-corrected chi connectivity index (χ3v) is 2.21. The smallest absolute Gasteiger partial charge is 0.0717 e. The molecule has 0 aromatic heterocycles. The molecule has 0 aliphatic carbocycles. The summed E-state index contributed by atoms with van der Waals surface area (Å²) in [5.74, 6) is 0. The minimum Gasteiger partial charge on any atom is -0.383 e. The van der Waals surface area contributed by atoms with E-state index in [0.717, 1.165) is 0 Å². The number of methoxy groups -OCH3 is 1. The molecule has 15 heavy (non-hydrogen) atoms. The fraction of sp³-hybridized carbons (Fsp3) is 0.500. The zero-order valence-corrected chi connectivity index (χ0v) is 9.40. The quantitative estimate of drug-likeness (QED) is 0.737. The lowest BCUT2D eigenvalue weighted by Gasteiger charge is -2.15. The summed E-state index contributed by atoms with van der Waals surface area (Å²) < 4.78 is 10.6. The molecule has 0 fully saturated rings. The molecule has 3 nitrogen and oxygen atoms in total. The van der Waals surface area contributed by atoms with Gasteiger partial charge < -0.3 is 14.8 Å². The van der Waals surface area contributed by atoms with Crippen LogP contribution in [0, 0.1) is 0 Å². The van der Waals surface area contributed by atoms with Crippen LogP contribution in [-0.2, 0) is 16.1 Å². The van der Waals surface area contributed by atoms with Gasteiger partial charge in [0, 0.05) is 7.11 Å². The first-order chi connectivity index (χ1) is 7.36. The second-order valence-corrected chi connectivity index (χ2v) is 3.44. The Bertz CT molecular complexity index is 251. The van der Waals surface area contributed by atoms with Gasteiger partial charge in [-0.05, 0) is 12.6 Å². The molecule has 0 radical (unpaired) electrons. The molecule has 3 heteroatoms. The topological polar surface area (TPSA) is 30.5 Å². The molecule has 0 aliphatic heterocycles. The van der Waals surface area contributed by atoms with Crippen molar-refractivity contribution in [3.63, 3.8) is 0 Å². The standard InChI is InChI=1S/C12H19NO2/c1-13-12(9-14-2)10-15-8-11-6-4-3-5-7-11/h3-7,12-13H,8-10H2,1-2H3. The second-order valence-electron chi connectivity index (χ2n) is 3.44. The van der Waals surface area contributed by atoms with Crippen LogP contribution in [0.1, 0.15) is 5.56 Å². The van der Waals surface area contributed by atoms with Crippen molar-refractivity contribution in [2.75, 3.05) is 27.4 Å². The highest BCUT2D eigenvalue weighted by atomic mass is 16.5. The molecule has 1 aromatic rings. The van der Waals surface area contributed by atoms with E-state index in [1.54, 1.807) is 7.11 Å². The summed E-state index contributed by atoms with van der Waals surface area (Å²) in [6, 6.07) is 10.4. The maximum atomic E-state index is 5.58. The minimum absolute atomic E-state index is 0.263. The fourth-order valence-electron chi connectivity index (χ4n) is 1.31. The number of ether oxygens (including phenoxy) is 2. The molecule has 0 spiro atoms. The molecule has 1 rings (SSSR count). The molecule has 1 N–H and O–H groups in total. The summed E-state index contributed by atoms with van der Waals surface area (Å²) in [5.41, 5.74) is 1.20. The highest BCUT2D eigenvalue weighted by molar-refractivity contribution is 5.13. The van der Waals surface area contributed by atoms with Crippen LogP contribution < -0.4 is 5.32 Å². The monoisotopic (exact) mass is 209 g/mol. The fourth-order valence-corrected chi connectivity index (χ4v) is 1.31. The molecule has 0 saturated heterocycles. The average molecular weight is 209 g/mol. The minimum atomic E-state index is 0.263. The highest BCUT2D eigenvalue weighted by Gasteiger charge is 2.04. The molecule has 0 amide bonds. The van der Waals surface area contributed by atoms with Gasteiger partial charge in [-0.3, -0.25) is 0 Å². The lowest BCUT2D eigenvalue weighted by molar-refractivity contribution is 0.0681. The summed E-state index contributed by atoms with van der Waals surface area (Å²) in [4.78, 5) is 0. The number of nitrogens with one attached hydrogen (secondary N) is 1. The van der Waals surface area contributed by atoms with Gasteiger partial charge in [0.25, 0.3) is 0 Å². The van der Waals surface area contributed by atoms with Crippen molar-refractivity contribution < 1.29 is 9.47 Å². The summed E-state index contributed by atoms with van der Waals surface area (Å²) in [7, 11) is 3.61. The van der Waals surface area contributed by atoms with E-state index in [2.05, 4.69) is 17.4 Å². The zero-order chi connectivity index (χ0) is 10.9. The number of hydrogen-bond acceptors (Lipinski definition) is 3. The van der Waals surface area contributed by atoms with E-state index in [1.165, 1.54) is 5.56 Å². The first kappa shape index (κ1) is 12.2. The van der Waals surface area contributed by atoms with E-state index in [4.69, 9.17) is 9.47 Å². The Labute approximate surface area is 91.4 Å². The third kappa shape index (κ3) is 4.93. The summed E-state index contributed by atoms with van der Waals surface area (Å²) >= 11 is 0. The molecule has 1 aromatic carbocycles. The predicted octanol–water partition coefficient (Wildman–Crippen LogP) is 1.44. The molecular formula is C12H19NO2. The summed E-state index contributed by atoms with van der Waals surface area (Å²) in [6.45, 7) is 1.99. The maximum Gasteiger partial charge on any atom is 0.0717 e. The summed E-state index contributed by atoms with van der Waals surface area (Å²) in [5, 5.41) is 3.14. The molecule has 0 aliphatic rings.